The molecule has 2 heterocycles. The van der Waals surface area contributed by atoms with Crippen LogP contribution in [0.5, 0.6) is 0 Å². The second kappa shape index (κ2) is 6.88. The summed E-state index contributed by atoms with van der Waals surface area (Å²) < 4.78 is 39.3. The summed E-state index contributed by atoms with van der Waals surface area (Å²) in [7, 11) is 1.20. The molecule has 1 N–H and O–H groups in total. The van der Waals surface area contributed by atoms with Gasteiger partial charge in [-0.25, -0.2) is 9.97 Å². The van der Waals surface area contributed by atoms with Crippen molar-refractivity contribution in [1.82, 2.24) is 25.1 Å². The minimum absolute atomic E-state index is 0.0368. The molecule has 0 aliphatic rings. The number of amides is 1. The number of rotatable bonds is 4. The summed E-state index contributed by atoms with van der Waals surface area (Å²) in [5, 5.41) is 6.26. The first-order valence-corrected chi connectivity index (χ1v) is 7.79. The molecule has 0 spiro atoms. The quantitative estimate of drug-likeness (QED) is 0.848. The van der Waals surface area contributed by atoms with Gasteiger partial charge in [-0.3, -0.25) is 9.48 Å². The predicted molar refractivity (Wildman–Crippen MR) is 83.2 cm³/mol. The van der Waals surface area contributed by atoms with Crippen LogP contribution in [0.2, 0.25) is 0 Å². The molecular formula is C14H15BrF3N5O. The lowest BCUT2D eigenvalue weighted by Crippen LogP contribution is -2.25. The van der Waals surface area contributed by atoms with Crippen LogP contribution in [0, 0.1) is 0 Å². The van der Waals surface area contributed by atoms with Crippen LogP contribution in [0.3, 0.4) is 0 Å². The standard InChI is InChI=1S/C14H15BrF3N5O/c1-7(2)12-19-6-9(15)11(21-12)13(24)20-5-8-4-10(14(16,17)18)23(3)22-8/h4,6-7H,5H2,1-3H3,(H,20,24). The minimum atomic E-state index is -4.49. The Morgan fingerprint density at radius 1 is 1.42 bits per heavy atom. The fraction of sp³-hybridized carbons (Fsp3) is 0.429. The molecule has 0 aliphatic carbocycles. The number of nitrogens with zero attached hydrogens (tertiary/aromatic N) is 4. The third-order valence-electron chi connectivity index (χ3n) is 3.15. The van der Waals surface area contributed by atoms with Gasteiger partial charge >= 0.3 is 6.18 Å². The van der Waals surface area contributed by atoms with E-state index >= 15 is 0 Å². The smallest absolute Gasteiger partial charge is 0.345 e. The number of nitrogens with one attached hydrogen (secondary N) is 1. The van der Waals surface area contributed by atoms with Crippen molar-refractivity contribution >= 4 is 21.8 Å². The molecule has 0 fully saturated rings. The van der Waals surface area contributed by atoms with Crippen LogP contribution in [-0.4, -0.2) is 25.7 Å². The van der Waals surface area contributed by atoms with E-state index < -0.39 is 17.8 Å². The molecule has 2 rings (SSSR count). The lowest BCUT2D eigenvalue weighted by atomic mass is 10.2. The van der Waals surface area contributed by atoms with Crippen molar-refractivity contribution in [3.8, 4) is 0 Å². The summed E-state index contributed by atoms with van der Waals surface area (Å²) in [4.78, 5) is 20.5. The zero-order valence-electron chi connectivity index (χ0n) is 13.1. The van der Waals surface area contributed by atoms with E-state index in [4.69, 9.17) is 0 Å². The molecule has 24 heavy (non-hydrogen) atoms. The van der Waals surface area contributed by atoms with Crippen molar-refractivity contribution < 1.29 is 18.0 Å². The van der Waals surface area contributed by atoms with E-state index in [-0.39, 0.29) is 23.9 Å². The van der Waals surface area contributed by atoms with Gasteiger partial charge in [0.25, 0.3) is 5.91 Å². The first-order chi connectivity index (χ1) is 11.1. The molecule has 130 valence electrons. The van der Waals surface area contributed by atoms with Gasteiger partial charge in [0.1, 0.15) is 17.2 Å². The number of alkyl halides is 3. The molecule has 6 nitrogen and oxygen atoms in total. The first kappa shape index (κ1) is 18.4. The highest BCUT2D eigenvalue weighted by Crippen LogP contribution is 2.29. The van der Waals surface area contributed by atoms with Gasteiger partial charge in [-0.1, -0.05) is 13.8 Å². The van der Waals surface area contributed by atoms with E-state index in [0.717, 1.165) is 10.7 Å². The first-order valence-electron chi connectivity index (χ1n) is 7.00. The fourth-order valence-electron chi connectivity index (χ4n) is 1.95. The molecule has 0 aromatic carbocycles. The average molecular weight is 406 g/mol. The van der Waals surface area contributed by atoms with Gasteiger partial charge in [0.15, 0.2) is 0 Å². The number of carbonyl (C=O) groups is 1. The van der Waals surface area contributed by atoms with Crippen molar-refractivity contribution in [2.24, 2.45) is 7.05 Å². The van der Waals surface area contributed by atoms with Crippen molar-refractivity contribution in [2.75, 3.05) is 0 Å². The van der Waals surface area contributed by atoms with Crippen LogP contribution in [-0.2, 0) is 19.8 Å². The Bertz CT molecular complexity index is 757. The van der Waals surface area contributed by atoms with Crippen molar-refractivity contribution in [1.29, 1.82) is 0 Å². The third kappa shape index (κ3) is 4.11. The van der Waals surface area contributed by atoms with E-state index in [0.29, 0.717) is 10.3 Å². The molecule has 0 unspecified atom stereocenters. The molecule has 2 aromatic heterocycles. The van der Waals surface area contributed by atoms with E-state index in [9.17, 15) is 18.0 Å². The largest absolute Gasteiger partial charge is 0.433 e. The minimum Gasteiger partial charge on any atom is -0.345 e. The molecule has 10 heteroatoms. The molecular weight excluding hydrogens is 391 g/mol. The summed E-state index contributed by atoms with van der Waals surface area (Å²) in [5.74, 6) is 0.0146. The summed E-state index contributed by atoms with van der Waals surface area (Å²) in [6, 6.07) is 0.898. The Kier molecular flexibility index (Phi) is 5.26. The number of carbonyl (C=O) groups excluding carboxylic acids is 1. The summed E-state index contributed by atoms with van der Waals surface area (Å²) in [6.45, 7) is 3.63. The van der Waals surface area contributed by atoms with E-state index in [2.05, 4.69) is 36.3 Å². The highest BCUT2D eigenvalue weighted by atomic mass is 79.9. The normalized spacial score (nSPS) is 11.8. The Morgan fingerprint density at radius 3 is 2.62 bits per heavy atom. The van der Waals surface area contributed by atoms with Crippen LogP contribution < -0.4 is 5.32 Å². The van der Waals surface area contributed by atoms with Gasteiger partial charge < -0.3 is 5.32 Å². The summed E-state index contributed by atoms with van der Waals surface area (Å²) in [6.07, 6.45) is -3.02. The topological polar surface area (TPSA) is 72.7 Å². The van der Waals surface area contributed by atoms with E-state index in [1.54, 1.807) is 0 Å². The van der Waals surface area contributed by atoms with Crippen LogP contribution in [0.4, 0.5) is 13.2 Å². The zero-order chi connectivity index (χ0) is 18.1. The van der Waals surface area contributed by atoms with Gasteiger partial charge in [-0.05, 0) is 22.0 Å². The van der Waals surface area contributed by atoms with E-state index in [1.165, 1.54) is 13.2 Å². The second-order valence-electron chi connectivity index (χ2n) is 5.40. The average Bonchev–Trinajstić information content (AvgIpc) is 2.86. The molecule has 0 saturated carbocycles. The van der Waals surface area contributed by atoms with Crippen molar-refractivity contribution in [2.45, 2.75) is 32.5 Å². The number of hydrogen-bond acceptors (Lipinski definition) is 4. The predicted octanol–water partition coefficient (Wildman–Crippen LogP) is 3.04. The molecule has 0 radical (unpaired) electrons. The molecule has 2 aromatic rings. The highest BCUT2D eigenvalue weighted by Gasteiger charge is 2.34. The molecule has 1 amide bonds. The van der Waals surface area contributed by atoms with Crippen LogP contribution in [0.15, 0.2) is 16.7 Å². The Morgan fingerprint density at radius 2 is 2.08 bits per heavy atom. The Balaban J connectivity index is 2.13. The molecule has 0 saturated heterocycles. The number of halogens is 4. The van der Waals surface area contributed by atoms with Gasteiger partial charge in [-0.2, -0.15) is 18.3 Å². The fourth-order valence-corrected chi connectivity index (χ4v) is 2.32. The second-order valence-corrected chi connectivity index (χ2v) is 6.26. The maximum atomic E-state index is 12.7. The maximum absolute atomic E-state index is 12.7. The van der Waals surface area contributed by atoms with Crippen molar-refractivity contribution in [3.05, 3.63) is 39.6 Å². The zero-order valence-corrected chi connectivity index (χ0v) is 14.7. The number of aryl methyl sites for hydroxylation is 1. The summed E-state index contributed by atoms with van der Waals surface area (Å²) >= 11 is 3.19. The Hall–Kier alpha value is -1.97. The molecule has 0 aliphatic heterocycles. The summed E-state index contributed by atoms with van der Waals surface area (Å²) in [5.41, 5.74) is -0.648. The number of hydrogen-bond donors (Lipinski definition) is 1. The third-order valence-corrected chi connectivity index (χ3v) is 3.73. The van der Waals surface area contributed by atoms with Crippen molar-refractivity contribution in [3.63, 3.8) is 0 Å². The lowest BCUT2D eigenvalue weighted by Gasteiger charge is -2.08. The highest BCUT2D eigenvalue weighted by molar-refractivity contribution is 9.10. The SMILES string of the molecule is CC(C)c1ncc(Br)c(C(=O)NCc2cc(C(F)(F)F)n(C)n2)n1. The van der Waals surface area contributed by atoms with Crippen LogP contribution in [0.25, 0.3) is 0 Å². The lowest BCUT2D eigenvalue weighted by molar-refractivity contribution is -0.143. The number of aromatic nitrogens is 4. The monoisotopic (exact) mass is 405 g/mol. The molecule has 0 bridgehead atoms. The Labute approximate surface area is 144 Å². The van der Waals surface area contributed by atoms with Gasteiger partial charge in [0.05, 0.1) is 16.7 Å². The van der Waals surface area contributed by atoms with Crippen LogP contribution >= 0.6 is 15.9 Å². The van der Waals surface area contributed by atoms with Gasteiger partial charge in [-0.15, -0.1) is 0 Å². The van der Waals surface area contributed by atoms with Crippen LogP contribution in [0.1, 0.15) is 47.5 Å². The van der Waals surface area contributed by atoms with Gasteiger partial charge in [0, 0.05) is 19.2 Å². The van der Waals surface area contributed by atoms with Gasteiger partial charge in [0.2, 0.25) is 0 Å². The maximum Gasteiger partial charge on any atom is 0.433 e. The molecule has 0 atom stereocenters. The van der Waals surface area contributed by atoms with E-state index in [1.807, 2.05) is 13.8 Å².